The summed E-state index contributed by atoms with van der Waals surface area (Å²) < 4.78 is 5.39. The van der Waals surface area contributed by atoms with Gasteiger partial charge in [-0.25, -0.2) is 0 Å². The lowest BCUT2D eigenvalue weighted by Crippen LogP contribution is -2.57. The maximum absolute atomic E-state index is 12.2. The number of nitrogens with zero attached hydrogens (tertiary/aromatic N) is 1. The predicted molar refractivity (Wildman–Crippen MR) is 68.8 cm³/mol. The normalized spacial score (nSPS) is 25.8. The highest BCUT2D eigenvalue weighted by Gasteiger charge is 2.35. The Hall–Kier alpha value is -1.14. The van der Waals surface area contributed by atoms with Gasteiger partial charge in [0.2, 0.25) is 5.91 Å². The van der Waals surface area contributed by atoms with E-state index in [-0.39, 0.29) is 24.4 Å². The number of carboxylic acid groups (broad SMARTS) is 1. The molecule has 1 amide bonds. The number of carbonyl (C=O) groups excluding carboxylic acids is 1. The molecular weight excluding hydrogens is 248 g/mol. The molecule has 2 rings (SSSR count). The number of rotatable bonds is 6. The number of ether oxygens (including phenoxy) is 1. The molecule has 1 heterocycles. The Balaban J connectivity index is 1.89. The molecule has 0 aromatic carbocycles. The Labute approximate surface area is 113 Å². The fourth-order valence-electron chi connectivity index (χ4n) is 2.39. The van der Waals surface area contributed by atoms with E-state index in [0.29, 0.717) is 32.2 Å². The van der Waals surface area contributed by atoms with E-state index in [1.54, 1.807) is 0 Å². The summed E-state index contributed by atoms with van der Waals surface area (Å²) in [6, 6.07) is 0.138. The third-order valence-corrected chi connectivity index (χ3v) is 3.74. The van der Waals surface area contributed by atoms with Gasteiger partial charge in [-0.05, 0) is 26.2 Å². The topological polar surface area (TPSA) is 78.9 Å². The van der Waals surface area contributed by atoms with Gasteiger partial charge in [-0.3, -0.25) is 14.5 Å². The van der Waals surface area contributed by atoms with E-state index >= 15 is 0 Å². The van der Waals surface area contributed by atoms with Crippen LogP contribution in [-0.2, 0) is 14.3 Å². The molecule has 19 heavy (non-hydrogen) atoms. The minimum atomic E-state index is -0.793. The van der Waals surface area contributed by atoms with Gasteiger partial charge in [0.15, 0.2) is 0 Å². The first kappa shape index (κ1) is 14.3. The molecular formula is C13H22N2O4. The van der Waals surface area contributed by atoms with Crippen LogP contribution in [-0.4, -0.2) is 59.8 Å². The van der Waals surface area contributed by atoms with Crippen molar-refractivity contribution in [3.8, 4) is 0 Å². The van der Waals surface area contributed by atoms with Crippen LogP contribution in [0.15, 0.2) is 0 Å². The maximum Gasteiger partial charge on any atom is 0.303 e. The van der Waals surface area contributed by atoms with E-state index in [4.69, 9.17) is 9.84 Å². The third-order valence-electron chi connectivity index (χ3n) is 3.74. The Morgan fingerprint density at radius 1 is 1.47 bits per heavy atom. The quantitative estimate of drug-likeness (QED) is 0.722. The molecule has 1 saturated heterocycles. The van der Waals surface area contributed by atoms with Crippen molar-refractivity contribution in [1.29, 1.82) is 0 Å². The van der Waals surface area contributed by atoms with Gasteiger partial charge in [-0.1, -0.05) is 0 Å². The number of hydrogen-bond acceptors (Lipinski definition) is 4. The van der Waals surface area contributed by atoms with Gasteiger partial charge in [0.1, 0.15) is 6.04 Å². The summed E-state index contributed by atoms with van der Waals surface area (Å²) in [5.41, 5.74) is 0. The van der Waals surface area contributed by atoms with Crippen molar-refractivity contribution in [2.45, 2.75) is 50.7 Å². The Kier molecular flexibility index (Phi) is 4.76. The monoisotopic (exact) mass is 270 g/mol. The third kappa shape index (κ3) is 4.18. The second-order valence-electron chi connectivity index (χ2n) is 5.39. The smallest absolute Gasteiger partial charge is 0.303 e. The molecule has 6 heteroatoms. The molecule has 2 N–H and O–H groups in total. The number of carbonyl (C=O) groups is 2. The molecule has 2 aliphatic rings. The zero-order valence-electron chi connectivity index (χ0n) is 11.3. The van der Waals surface area contributed by atoms with E-state index < -0.39 is 5.97 Å². The average Bonchev–Trinajstić information content (AvgIpc) is 3.19. The van der Waals surface area contributed by atoms with Crippen molar-refractivity contribution in [1.82, 2.24) is 10.2 Å². The van der Waals surface area contributed by atoms with Crippen molar-refractivity contribution >= 4 is 11.9 Å². The second-order valence-corrected chi connectivity index (χ2v) is 5.39. The van der Waals surface area contributed by atoms with Gasteiger partial charge >= 0.3 is 5.97 Å². The summed E-state index contributed by atoms with van der Waals surface area (Å²) in [6.07, 6.45) is 2.82. The molecule has 0 bridgehead atoms. The van der Waals surface area contributed by atoms with Gasteiger partial charge in [0.25, 0.3) is 0 Å². The summed E-state index contributed by atoms with van der Waals surface area (Å²) in [4.78, 5) is 24.9. The Morgan fingerprint density at radius 3 is 2.84 bits per heavy atom. The maximum atomic E-state index is 12.2. The van der Waals surface area contributed by atoms with Gasteiger partial charge in [-0.2, -0.15) is 0 Å². The second kappa shape index (κ2) is 6.34. The highest BCUT2D eigenvalue weighted by Crippen LogP contribution is 2.21. The van der Waals surface area contributed by atoms with E-state index in [2.05, 4.69) is 10.2 Å². The minimum Gasteiger partial charge on any atom is -0.481 e. The molecule has 1 aliphatic heterocycles. The standard InChI is InChI=1S/C13H22N2O4/c1-9(2-5-12(16)17)15-6-7-19-8-11(15)13(18)14-10-3-4-10/h9-11H,2-8H2,1H3,(H,14,18)(H,16,17). The Morgan fingerprint density at radius 2 is 2.21 bits per heavy atom. The fourth-order valence-corrected chi connectivity index (χ4v) is 2.39. The largest absolute Gasteiger partial charge is 0.481 e. The first-order valence-corrected chi connectivity index (χ1v) is 6.93. The SMILES string of the molecule is CC(CCC(=O)O)N1CCOCC1C(=O)NC1CC1. The molecule has 2 unspecified atom stereocenters. The highest BCUT2D eigenvalue weighted by atomic mass is 16.5. The zero-order chi connectivity index (χ0) is 13.8. The average molecular weight is 270 g/mol. The summed E-state index contributed by atoms with van der Waals surface area (Å²) in [5.74, 6) is -0.775. The first-order valence-electron chi connectivity index (χ1n) is 6.93. The molecule has 0 aromatic rings. The molecule has 2 atom stereocenters. The predicted octanol–water partition coefficient (Wildman–Crippen LogP) is 0.219. The van der Waals surface area contributed by atoms with Crippen molar-refractivity contribution in [3.05, 3.63) is 0 Å². The number of nitrogens with one attached hydrogen (secondary N) is 1. The van der Waals surface area contributed by atoms with Crippen molar-refractivity contribution < 1.29 is 19.4 Å². The van der Waals surface area contributed by atoms with E-state index in [1.165, 1.54) is 0 Å². The van der Waals surface area contributed by atoms with Crippen LogP contribution < -0.4 is 5.32 Å². The number of morpholine rings is 1. The van der Waals surface area contributed by atoms with Crippen LogP contribution in [0.2, 0.25) is 0 Å². The molecule has 1 saturated carbocycles. The van der Waals surface area contributed by atoms with Crippen LogP contribution in [0.1, 0.15) is 32.6 Å². The minimum absolute atomic E-state index is 0.0179. The van der Waals surface area contributed by atoms with Crippen LogP contribution in [0.3, 0.4) is 0 Å². The van der Waals surface area contributed by atoms with Gasteiger partial charge in [0.05, 0.1) is 13.2 Å². The van der Waals surface area contributed by atoms with E-state index in [0.717, 1.165) is 12.8 Å². The first-order chi connectivity index (χ1) is 9.08. The van der Waals surface area contributed by atoms with Crippen molar-refractivity contribution in [2.75, 3.05) is 19.8 Å². The molecule has 0 spiro atoms. The lowest BCUT2D eigenvalue weighted by atomic mass is 10.1. The molecule has 2 fully saturated rings. The highest BCUT2D eigenvalue weighted by molar-refractivity contribution is 5.82. The summed E-state index contributed by atoms with van der Waals surface area (Å²) in [6.45, 7) is 3.66. The molecule has 6 nitrogen and oxygen atoms in total. The fraction of sp³-hybridized carbons (Fsp3) is 0.846. The van der Waals surface area contributed by atoms with Gasteiger partial charge < -0.3 is 15.2 Å². The van der Waals surface area contributed by atoms with Gasteiger partial charge in [-0.15, -0.1) is 0 Å². The molecule has 108 valence electrons. The lowest BCUT2D eigenvalue weighted by Gasteiger charge is -2.38. The summed E-state index contributed by atoms with van der Waals surface area (Å²) >= 11 is 0. The summed E-state index contributed by atoms with van der Waals surface area (Å²) in [7, 11) is 0. The van der Waals surface area contributed by atoms with E-state index in [9.17, 15) is 9.59 Å². The van der Waals surface area contributed by atoms with Crippen LogP contribution >= 0.6 is 0 Å². The van der Waals surface area contributed by atoms with Crippen LogP contribution in [0.5, 0.6) is 0 Å². The number of carboxylic acids is 1. The van der Waals surface area contributed by atoms with Crippen molar-refractivity contribution in [2.24, 2.45) is 0 Å². The van der Waals surface area contributed by atoms with Crippen molar-refractivity contribution in [3.63, 3.8) is 0 Å². The molecule has 1 aliphatic carbocycles. The van der Waals surface area contributed by atoms with Gasteiger partial charge in [0, 0.05) is 25.0 Å². The lowest BCUT2D eigenvalue weighted by molar-refractivity contribution is -0.138. The Bertz CT molecular complexity index is 344. The number of hydrogen-bond donors (Lipinski definition) is 2. The van der Waals surface area contributed by atoms with Crippen LogP contribution in [0, 0.1) is 0 Å². The number of aliphatic carboxylic acids is 1. The summed E-state index contributed by atoms with van der Waals surface area (Å²) in [5, 5.41) is 11.7. The molecule has 0 radical (unpaired) electrons. The molecule has 0 aromatic heterocycles. The van der Waals surface area contributed by atoms with Crippen LogP contribution in [0.4, 0.5) is 0 Å². The number of amides is 1. The van der Waals surface area contributed by atoms with E-state index in [1.807, 2.05) is 6.92 Å². The zero-order valence-corrected chi connectivity index (χ0v) is 11.3. The van der Waals surface area contributed by atoms with Crippen LogP contribution in [0.25, 0.3) is 0 Å².